The Balaban J connectivity index is 1.69. The van der Waals surface area contributed by atoms with Gasteiger partial charge in [0.05, 0.1) is 11.7 Å². The Morgan fingerprint density at radius 1 is 1.22 bits per heavy atom. The van der Waals surface area contributed by atoms with E-state index in [1.807, 2.05) is 32.0 Å². The highest BCUT2D eigenvalue weighted by Gasteiger charge is 2.19. The molecule has 0 fully saturated rings. The Morgan fingerprint density at radius 2 is 2.11 bits per heavy atom. The number of benzene rings is 2. The molecule has 1 radical (unpaired) electrons. The minimum Gasteiger partial charge on any atom is -0.490 e. The first-order chi connectivity index (χ1) is 13.2. The summed E-state index contributed by atoms with van der Waals surface area (Å²) in [5.41, 5.74) is 4.70. The van der Waals surface area contributed by atoms with E-state index >= 15 is 0 Å². The molecule has 0 aliphatic heterocycles. The molecule has 0 N–H and O–H groups in total. The third kappa shape index (κ3) is 3.43. The minimum atomic E-state index is -0.000908. The van der Waals surface area contributed by atoms with Gasteiger partial charge in [-0.2, -0.15) is 10.2 Å². The lowest BCUT2D eigenvalue weighted by Crippen LogP contribution is -2.06. The summed E-state index contributed by atoms with van der Waals surface area (Å²) >= 11 is 0. The zero-order valence-corrected chi connectivity index (χ0v) is 15.4. The van der Waals surface area contributed by atoms with Crippen LogP contribution in [-0.4, -0.2) is 16.2 Å². The van der Waals surface area contributed by atoms with Crippen LogP contribution >= 0.6 is 0 Å². The van der Waals surface area contributed by atoms with Gasteiger partial charge in [0.15, 0.2) is 0 Å². The van der Waals surface area contributed by atoms with E-state index in [1.54, 1.807) is 12.1 Å². The maximum absolute atomic E-state index is 9.42. The van der Waals surface area contributed by atoms with Crippen molar-refractivity contribution < 1.29 is 9.26 Å². The quantitative estimate of drug-likeness (QED) is 0.660. The van der Waals surface area contributed by atoms with E-state index in [2.05, 4.69) is 28.7 Å². The second-order valence-electron chi connectivity index (χ2n) is 6.88. The number of hydrogen-bond donors (Lipinski definition) is 0. The molecule has 0 saturated heterocycles. The number of nitrogens with zero attached hydrogens (tertiary/aromatic N) is 3. The molecular weight excluding hydrogens is 338 g/mol. The van der Waals surface area contributed by atoms with E-state index in [0.717, 1.165) is 24.8 Å². The molecule has 0 spiro atoms. The van der Waals surface area contributed by atoms with Crippen LogP contribution < -0.4 is 4.74 Å². The molecule has 0 amide bonds. The van der Waals surface area contributed by atoms with Gasteiger partial charge in [-0.3, -0.25) is 0 Å². The van der Waals surface area contributed by atoms with Crippen molar-refractivity contribution in [2.24, 2.45) is 0 Å². The molecule has 0 unspecified atom stereocenters. The summed E-state index contributed by atoms with van der Waals surface area (Å²) in [6, 6.07) is 13.7. The molecule has 0 bridgehead atoms. The summed E-state index contributed by atoms with van der Waals surface area (Å²) in [6.07, 6.45) is 5.52. The number of ether oxygens (including phenoxy) is 1. The molecule has 1 heterocycles. The van der Waals surface area contributed by atoms with Crippen LogP contribution in [0.4, 0.5) is 0 Å². The lowest BCUT2D eigenvalue weighted by Gasteiger charge is -2.17. The molecule has 1 aliphatic rings. The van der Waals surface area contributed by atoms with Crippen molar-refractivity contribution >= 4 is 0 Å². The Morgan fingerprint density at radius 3 is 2.93 bits per heavy atom. The third-order valence-corrected chi connectivity index (χ3v) is 4.58. The molecule has 2 aromatic carbocycles. The van der Waals surface area contributed by atoms with E-state index in [4.69, 9.17) is 9.26 Å². The van der Waals surface area contributed by atoms with Gasteiger partial charge in [-0.15, -0.1) is 0 Å². The molecule has 1 aliphatic carbocycles. The predicted octanol–water partition coefficient (Wildman–Crippen LogP) is 4.95. The van der Waals surface area contributed by atoms with Crippen LogP contribution in [0.15, 0.2) is 40.9 Å². The van der Waals surface area contributed by atoms with Crippen molar-refractivity contribution in [1.82, 2.24) is 10.1 Å². The molecule has 3 aromatic rings. The highest BCUT2D eigenvalue weighted by Crippen LogP contribution is 2.33. The first-order valence-electron chi connectivity index (χ1n) is 9.16. The Kier molecular flexibility index (Phi) is 4.64. The van der Waals surface area contributed by atoms with Gasteiger partial charge < -0.3 is 9.26 Å². The van der Waals surface area contributed by atoms with E-state index in [0.29, 0.717) is 28.6 Å². The number of fused-ring (bicyclic) bond motifs is 1. The summed E-state index contributed by atoms with van der Waals surface area (Å²) in [5, 5.41) is 13.6. The van der Waals surface area contributed by atoms with Crippen LogP contribution in [0, 0.1) is 17.8 Å². The van der Waals surface area contributed by atoms with Crippen molar-refractivity contribution in [1.29, 1.82) is 5.26 Å². The van der Waals surface area contributed by atoms with Gasteiger partial charge in [0.25, 0.3) is 5.89 Å². The van der Waals surface area contributed by atoms with Crippen LogP contribution in [0.2, 0.25) is 0 Å². The van der Waals surface area contributed by atoms with Gasteiger partial charge in [0.1, 0.15) is 11.8 Å². The highest BCUT2D eigenvalue weighted by atomic mass is 16.5. The fraction of sp³-hybridized carbons (Fsp3) is 0.273. The number of nitriles is 1. The maximum Gasteiger partial charge on any atom is 0.258 e. The summed E-state index contributed by atoms with van der Waals surface area (Å²) in [5.74, 6) is 1.54. The molecule has 27 heavy (non-hydrogen) atoms. The van der Waals surface area contributed by atoms with Crippen molar-refractivity contribution in [2.45, 2.75) is 39.2 Å². The highest BCUT2D eigenvalue weighted by molar-refractivity contribution is 5.67. The average Bonchev–Trinajstić information content (AvgIpc) is 3.17. The van der Waals surface area contributed by atoms with Crippen LogP contribution in [0.25, 0.3) is 22.8 Å². The van der Waals surface area contributed by atoms with Crippen LogP contribution in [-0.2, 0) is 6.42 Å². The van der Waals surface area contributed by atoms with Crippen LogP contribution in [0.5, 0.6) is 5.75 Å². The van der Waals surface area contributed by atoms with Gasteiger partial charge in [0.2, 0.25) is 5.82 Å². The lowest BCUT2D eigenvalue weighted by atomic mass is 9.88. The van der Waals surface area contributed by atoms with Gasteiger partial charge >= 0.3 is 0 Å². The van der Waals surface area contributed by atoms with Gasteiger partial charge in [-0.1, -0.05) is 23.4 Å². The van der Waals surface area contributed by atoms with E-state index < -0.39 is 0 Å². The zero-order chi connectivity index (χ0) is 18.8. The molecule has 0 saturated carbocycles. The number of rotatable bonds is 4. The molecule has 135 valence electrons. The first kappa shape index (κ1) is 17.3. The molecule has 4 rings (SSSR count). The Labute approximate surface area is 158 Å². The summed E-state index contributed by atoms with van der Waals surface area (Å²) in [4.78, 5) is 4.58. The smallest absolute Gasteiger partial charge is 0.258 e. The SMILES string of the molecule is CC(C)Oc1ccc(-c2nc(-c3cccc4c3CCC[CH]4)no2)cc1C#N. The van der Waals surface area contributed by atoms with Crippen LogP contribution in [0.3, 0.4) is 0 Å². The molecule has 5 nitrogen and oxygen atoms in total. The summed E-state index contributed by atoms with van der Waals surface area (Å²) < 4.78 is 11.2. The van der Waals surface area contributed by atoms with Gasteiger partial charge in [-0.05, 0) is 68.9 Å². The number of hydrogen-bond acceptors (Lipinski definition) is 5. The molecule has 5 heteroatoms. The number of aromatic nitrogens is 2. The van der Waals surface area contributed by atoms with Crippen molar-refractivity contribution in [3.8, 4) is 34.7 Å². The largest absolute Gasteiger partial charge is 0.490 e. The molecule has 0 atom stereocenters. The van der Waals surface area contributed by atoms with E-state index in [9.17, 15) is 5.26 Å². The van der Waals surface area contributed by atoms with Gasteiger partial charge in [0, 0.05) is 11.1 Å². The standard InChI is InChI=1S/C22H20N3O2/c1-14(2)26-20-11-10-16(12-17(20)13-23)22-24-21(25-27-22)19-9-5-7-15-6-3-4-8-18(15)19/h5-7,9-12,14H,3-4,8H2,1-2H3. The fourth-order valence-corrected chi connectivity index (χ4v) is 3.38. The maximum atomic E-state index is 9.42. The van der Waals surface area contributed by atoms with Crippen molar-refractivity contribution in [3.05, 3.63) is 59.5 Å². The predicted molar refractivity (Wildman–Crippen MR) is 102 cm³/mol. The topological polar surface area (TPSA) is 71.9 Å². The van der Waals surface area contributed by atoms with Crippen molar-refractivity contribution in [3.63, 3.8) is 0 Å². The molecule has 1 aromatic heterocycles. The van der Waals surface area contributed by atoms with Crippen molar-refractivity contribution in [2.75, 3.05) is 0 Å². The Bertz CT molecular complexity index is 1010. The van der Waals surface area contributed by atoms with E-state index in [-0.39, 0.29) is 6.10 Å². The zero-order valence-electron chi connectivity index (χ0n) is 15.4. The molecular formula is C22H20N3O2. The first-order valence-corrected chi connectivity index (χ1v) is 9.16. The minimum absolute atomic E-state index is 0.000908. The van der Waals surface area contributed by atoms with E-state index in [1.165, 1.54) is 11.1 Å². The summed E-state index contributed by atoms with van der Waals surface area (Å²) in [7, 11) is 0. The van der Waals surface area contributed by atoms with Crippen LogP contribution in [0.1, 0.15) is 43.4 Å². The second kappa shape index (κ2) is 7.24. The fourth-order valence-electron chi connectivity index (χ4n) is 3.38. The average molecular weight is 358 g/mol. The Hall–Kier alpha value is -3.13. The third-order valence-electron chi connectivity index (χ3n) is 4.58. The second-order valence-corrected chi connectivity index (χ2v) is 6.88. The van der Waals surface area contributed by atoms with Gasteiger partial charge in [-0.25, -0.2) is 0 Å². The monoisotopic (exact) mass is 358 g/mol. The normalized spacial score (nSPS) is 13.3. The summed E-state index contributed by atoms with van der Waals surface area (Å²) in [6.45, 7) is 3.86. The lowest BCUT2D eigenvalue weighted by molar-refractivity contribution is 0.242.